The zero-order chi connectivity index (χ0) is 15.0. The number of fused-ring (bicyclic) bond motifs is 2. The summed E-state index contributed by atoms with van der Waals surface area (Å²) in [5.41, 5.74) is 0.606. The zero-order valence-electron chi connectivity index (χ0n) is 12.4. The van der Waals surface area contributed by atoms with Crippen LogP contribution in [0, 0.1) is 5.82 Å². The van der Waals surface area contributed by atoms with E-state index in [0.717, 1.165) is 32.1 Å². The standard InChI is InChI=1S/C17H22FNO2/c1-2-4-16(21)19-12-7-8-13(19)10-11(9-12)14-5-3-6-15(20)17(14)18/h3,5-6,11-13,20H,2,4,7-10H2,1H3. The minimum absolute atomic E-state index is 0.111. The van der Waals surface area contributed by atoms with Crippen LogP contribution in [0.2, 0.25) is 0 Å². The van der Waals surface area contributed by atoms with E-state index < -0.39 is 5.82 Å². The third kappa shape index (κ3) is 2.52. The van der Waals surface area contributed by atoms with Crippen LogP contribution in [0.4, 0.5) is 4.39 Å². The van der Waals surface area contributed by atoms with Crippen LogP contribution >= 0.6 is 0 Å². The first kappa shape index (κ1) is 14.4. The summed E-state index contributed by atoms with van der Waals surface area (Å²) in [6.07, 6.45) is 5.16. The van der Waals surface area contributed by atoms with Gasteiger partial charge in [0.1, 0.15) is 0 Å². The molecule has 1 aromatic rings. The number of amides is 1. The Kier molecular flexibility index (Phi) is 3.87. The molecule has 4 heteroatoms. The van der Waals surface area contributed by atoms with E-state index in [9.17, 15) is 14.3 Å². The SMILES string of the molecule is CCCC(=O)N1C2CCC1CC(c1cccc(O)c1F)C2. The summed E-state index contributed by atoms with van der Waals surface area (Å²) in [4.78, 5) is 14.3. The highest BCUT2D eigenvalue weighted by Gasteiger charge is 2.43. The molecule has 1 aromatic carbocycles. The molecule has 1 N–H and O–H groups in total. The first-order chi connectivity index (χ1) is 10.1. The minimum Gasteiger partial charge on any atom is -0.505 e. The monoisotopic (exact) mass is 291 g/mol. The van der Waals surface area contributed by atoms with E-state index in [4.69, 9.17) is 0 Å². The second-order valence-corrected chi connectivity index (χ2v) is 6.28. The highest BCUT2D eigenvalue weighted by Crippen LogP contribution is 2.44. The van der Waals surface area contributed by atoms with Crippen molar-refractivity contribution < 1.29 is 14.3 Å². The Morgan fingerprint density at radius 2 is 2.00 bits per heavy atom. The van der Waals surface area contributed by atoms with E-state index in [1.165, 1.54) is 6.07 Å². The molecule has 2 aliphatic heterocycles. The number of benzene rings is 1. The van der Waals surface area contributed by atoms with Crippen LogP contribution in [0.1, 0.15) is 56.9 Å². The fourth-order valence-electron chi connectivity index (χ4n) is 4.03. The van der Waals surface area contributed by atoms with Crippen molar-refractivity contribution in [1.82, 2.24) is 4.90 Å². The average molecular weight is 291 g/mol. The molecule has 114 valence electrons. The van der Waals surface area contributed by atoms with Gasteiger partial charge < -0.3 is 10.0 Å². The lowest BCUT2D eigenvalue weighted by Gasteiger charge is -2.39. The van der Waals surface area contributed by atoms with Gasteiger partial charge in [0.2, 0.25) is 5.91 Å². The van der Waals surface area contributed by atoms with Crippen LogP contribution in [-0.4, -0.2) is 28.0 Å². The number of nitrogens with zero attached hydrogens (tertiary/aromatic N) is 1. The smallest absolute Gasteiger partial charge is 0.223 e. The fraction of sp³-hybridized carbons (Fsp3) is 0.588. The summed E-state index contributed by atoms with van der Waals surface area (Å²) in [6.45, 7) is 2.02. The second kappa shape index (κ2) is 5.66. The summed E-state index contributed by atoms with van der Waals surface area (Å²) >= 11 is 0. The largest absolute Gasteiger partial charge is 0.505 e. The Balaban J connectivity index is 1.80. The summed E-state index contributed by atoms with van der Waals surface area (Å²) in [5.74, 6) is -0.403. The predicted molar refractivity (Wildman–Crippen MR) is 78.6 cm³/mol. The fourth-order valence-corrected chi connectivity index (χ4v) is 4.03. The number of aromatic hydroxyl groups is 1. The Morgan fingerprint density at radius 3 is 2.62 bits per heavy atom. The van der Waals surface area contributed by atoms with Crippen molar-refractivity contribution in [3.63, 3.8) is 0 Å². The van der Waals surface area contributed by atoms with Crippen molar-refractivity contribution in [3.8, 4) is 5.75 Å². The van der Waals surface area contributed by atoms with E-state index in [-0.39, 0.29) is 29.7 Å². The molecule has 2 unspecified atom stereocenters. The summed E-state index contributed by atoms with van der Waals surface area (Å²) in [7, 11) is 0. The average Bonchev–Trinajstić information content (AvgIpc) is 2.73. The number of rotatable bonds is 3. The molecule has 3 rings (SSSR count). The third-order valence-electron chi connectivity index (χ3n) is 4.93. The maximum atomic E-state index is 14.1. The highest BCUT2D eigenvalue weighted by molar-refractivity contribution is 5.77. The number of halogens is 1. The second-order valence-electron chi connectivity index (χ2n) is 6.28. The van der Waals surface area contributed by atoms with Crippen molar-refractivity contribution in [3.05, 3.63) is 29.6 Å². The normalized spacial score (nSPS) is 27.9. The maximum absolute atomic E-state index is 14.1. The minimum atomic E-state index is -0.491. The lowest BCUT2D eigenvalue weighted by molar-refractivity contribution is -0.135. The van der Waals surface area contributed by atoms with Crippen molar-refractivity contribution >= 4 is 5.91 Å². The topological polar surface area (TPSA) is 40.5 Å². The van der Waals surface area contributed by atoms with Crippen LogP contribution < -0.4 is 0 Å². The summed E-state index contributed by atoms with van der Waals surface area (Å²) in [6, 6.07) is 5.34. The molecule has 0 aromatic heterocycles. The predicted octanol–water partition coefficient (Wildman–Crippen LogP) is 3.57. The van der Waals surface area contributed by atoms with E-state index in [1.807, 2.05) is 6.92 Å². The van der Waals surface area contributed by atoms with E-state index in [0.29, 0.717) is 12.0 Å². The van der Waals surface area contributed by atoms with Gasteiger partial charge in [-0.3, -0.25) is 4.79 Å². The molecule has 0 spiro atoms. The van der Waals surface area contributed by atoms with Crippen molar-refractivity contribution in [2.24, 2.45) is 0 Å². The molecule has 2 fully saturated rings. The molecule has 0 saturated carbocycles. The number of carbonyl (C=O) groups excluding carboxylic acids is 1. The van der Waals surface area contributed by atoms with Gasteiger partial charge in [-0.2, -0.15) is 0 Å². The van der Waals surface area contributed by atoms with Crippen LogP contribution in [0.25, 0.3) is 0 Å². The van der Waals surface area contributed by atoms with Gasteiger partial charge in [-0.25, -0.2) is 4.39 Å². The van der Waals surface area contributed by atoms with Gasteiger partial charge in [-0.05, 0) is 49.7 Å². The first-order valence-electron chi connectivity index (χ1n) is 7.90. The molecule has 1 amide bonds. The van der Waals surface area contributed by atoms with Gasteiger partial charge in [-0.15, -0.1) is 0 Å². The van der Waals surface area contributed by atoms with Gasteiger partial charge in [0.25, 0.3) is 0 Å². The number of phenols is 1. The highest BCUT2D eigenvalue weighted by atomic mass is 19.1. The van der Waals surface area contributed by atoms with Crippen molar-refractivity contribution in [1.29, 1.82) is 0 Å². The molecule has 21 heavy (non-hydrogen) atoms. The molecule has 0 radical (unpaired) electrons. The molecule has 3 nitrogen and oxygen atoms in total. The van der Waals surface area contributed by atoms with Crippen LogP contribution in [0.15, 0.2) is 18.2 Å². The molecule has 2 bridgehead atoms. The number of hydrogen-bond acceptors (Lipinski definition) is 2. The third-order valence-corrected chi connectivity index (χ3v) is 4.93. The van der Waals surface area contributed by atoms with Crippen molar-refractivity contribution in [2.45, 2.75) is 63.5 Å². The quantitative estimate of drug-likeness (QED) is 0.925. The molecule has 2 aliphatic rings. The molecule has 2 atom stereocenters. The molecule has 2 heterocycles. The van der Waals surface area contributed by atoms with Gasteiger partial charge in [-0.1, -0.05) is 19.1 Å². The van der Waals surface area contributed by atoms with Gasteiger partial charge in [0.05, 0.1) is 0 Å². The summed E-state index contributed by atoms with van der Waals surface area (Å²) in [5, 5.41) is 9.55. The van der Waals surface area contributed by atoms with Crippen LogP contribution in [-0.2, 0) is 4.79 Å². The number of piperidine rings is 1. The molecule has 2 saturated heterocycles. The Labute approximate surface area is 124 Å². The van der Waals surface area contributed by atoms with E-state index in [2.05, 4.69) is 4.90 Å². The maximum Gasteiger partial charge on any atom is 0.223 e. The Bertz CT molecular complexity index is 532. The van der Waals surface area contributed by atoms with E-state index in [1.54, 1.807) is 12.1 Å². The molecular weight excluding hydrogens is 269 g/mol. The Hall–Kier alpha value is -1.58. The van der Waals surface area contributed by atoms with E-state index >= 15 is 0 Å². The van der Waals surface area contributed by atoms with Gasteiger partial charge in [0.15, 0.2) is 11.6 Å². The lowest BCUT2D eigenvalue weighted by Crippen LogP contribution is -2.46. The molecule has 0 aliphatic carbocycles. The van der Waals surface area contributed by atoms with Crippen LogP contribution in [0.5, 0.6) is 5.75 Å². The van der Waals surface area contributed by atoms with Crippen molar-refractivity contribution in [2.75, 3.05) is 0 Å². The van der Waals surface area contributed by atoms with Gasteiger partial charge >= 0.3 is 0 Å². The number of hydrogen-bond donors (Lipinski definition) is 1. The molecular formula is C17H22FNO2. The van der Waals surface area contributed by atoms with Crippen LogP contribution in [0.3, 0.4) is 0 Å². The number of carbonyl (C=O) groups is 1. The van der Waals surface area contributed by atoms with Gasteiger partial charge in [0, 0.05) is 18.5 Å². The summed E-state index contributed by atoms with van der Waals surface area (Å²) < 4.78 is 14.1. The lowest BCUT2D eigenvalue weighted by atomic mass is 9.84. The zero-order valence-corrected chi connectivity index (χ0v) is 12.4. The first-order valence-corrected chi connectivity index (χ1v) is 7.90. The Morgan fingerprint density at radius 1 is 1.33 bits per heavy atom. The number of phenolic OH excluding ortho intramolecular Hbond substituents is 1.